The van der Waals surface area contributed by atoms with Crippen LogP contribution in [0.1, 0.15) is 66.7 Å². The van der Waals surface area contributed by atoms with E-state index in [0.29, 0.717) is 18.9 Å². The maximum Gasteiger partial charge on any atom is 0.410 e. The lowest BCUT2D eigenvalue weighted by Gasteiger charge is -2.36. The summed E-state index contributed by atoms with van der Waals surface area (Å²) in [5, 5.41) is 3.41. The summed E-state index contributed by atoms with van der Waals surface area (Å²) in [6, 6.07) is 0. The van der Waals surface area contributed by atoms with Gasteiger partial charge in [-0.25, -0.2) is 4.79 Å². The van der Waals surface area contributed by atoms with Gasteiger partial charge in [0, 0.05) is 58.8 Å². The van der Waals surface area contributed by atoms with Crippen molar-refractivity contribution in [3.05, 3.63) is 0 Å². The molecule has 2 fully saturated rings. The molecule has 0 saturated carbocycles. The molecule has 2 rings (SSSR count). The fourth-order valence-electron chi connectivity index (χ4n) is 4.11. The van der Waals surface area contributed by atoms with E-state index in [4.69, 9.17) is 9.73 Å². The molecule has 0 aromatic heterocycles. The normalized spacial score (nSPS) is 18.5. The van der Waals surface area contributed by atoms with Crippen molar-refractivity contribution >= 4 is 18.0 Å². The zero-order chi connectivity index (χ0) is 22.9. The average Bonchev–Trinajstić information content (AvgIpc) is 3.12. The number of piperidine rings is 1. The molecule has 2 aliphatic rings. The molecule has 0 radical (unpaired) electrons. The van der Waals surface area contributed by atoms with Crippen LogP contribution in [0.4, 0.5) is 4.79 Å². The van der Waals surface area contributed by atoms with Crippen LogP contribution in [0.15, 0.2) is 4.99 Å². The van der Waals surface area contributed by atoms with Crippen LogP contribution in [0.5, 0.6) is 0 Å². The summed E-state index contributed by atoms with van der Waals surface area (Å²) in [6.07, 6.45) is 4.44. The van der Waals surface area contributed by atoms with Crippen molar-refractivity contribution in [2.75, 3.05) is 52.4 Å². The van der Waals surface area contributed by atoms with E-state index >= 15 is 0 Å². The molecule has 8 heteroatoms. The summed E-state index contributed by atoms with van der Waals surface area (Å²) < 4.78 is 5.54. The summed E-state index contributed by atoms with van der Waals surface area (Å²) >= 11 is 0. The van der Waals surface area contributed by atoms with Crippen molar-refractivity contribution in [3.63, 3.8) is 0 Å². The number of nitrogens with zero attached hydrogens (tertiary/aromatic N) is 4. The predicted molar refractivity (Wildman–Crippen MR) is 124 cm³/mol. The van der Waals surface area contributed by atoms with Gasteiger partial charge in [0.05, 0.1) is 0 Å². The molecule has 0 aliphatic carbocycles. The second kappa shape index (κ2) is 12.2. The zero-order valence-electron chi connectivity index (χ0n) is 20.3. The molecule has 178 valence electrons. The van der Waals surface area contributed by atoms with E-state index in [0.717, 1.165) is 77.5 Å². The Morgan fingerprint density at radius 2 is 1.94 bits per heavy atom. The molecule has 2 aliphatic heterocycles. The fourth-order valence-corrected chi connectivity index (χ4v) is 4.11. The number of hydrogen-bond acceptors (Lipinski definition) is 4. The van der Waals surface area contributed by atoms with Gasteiger partial charge in [-0.05, 0) is 66.2 Å². The highest BCUT2D eigenvalue weighted by atomic mass is 16.6. The topological polar surface area (TPSA) is 77.5 Å². The Kier molecular flexibility index (Phi) is 9.91. The molecular formula is C23H43N5O3. The number of likely N-dealkylation sites (tertiary alicyclic amines) is 2. The van der Waals surface area contributed by atoms with Crippen molar-refractivity contribution in [2.45, 2.75) is 72.3 Å². The largest absolute Gasteiger partial charge is 0.444 e. The molecule has 2 heterocycles. The van der Waals surface area contributed by atoms with Gasteiger partial charge >= 0.3 is 6.09 Å². The smallest absolute Gasteiger partial charge is 0.410 e. The van der Waals surface area contributed by atoms with Crippen LogP contribution in [0.3, 0.4) is 0 Å². The Balaban J connectivity index is 1.79. The van der Waals surface area contributed by atoms with E-state index in [2.05, 4.69) is 17.1 Å². The van der Waals surface area contributed by atoms with E-state index in [9.17, 15) is 9.59 Å². The minimum absolute atomic E-state index is 0.219. The van der Waals surface area contributed by atoms with Gasteiger partial charge in [-0.3, -0.25) is 9.79 Å². The van der Waals surface area contributed by atoms with E-state index in [-0.39, 0.29) is 12.0 Å². The third kappa shape index (κ3) is 8.57. The summed E-state index contributed by atoms with van der Waals surface area (Å²) in [6.45, 7) is 16.4. The second-order valence-corrected chi connectivity index (χ2v) is 9.52. The highest BCUT2D eigenvalue weighted by molar-refractivity contribution is 5.80. The Morgan fingerprint density at radius 1 is 1.23 bits per heavy atom. The van der Waals surface area contributed by atoms with Crippen LogP contribution in [0, 0.1) is 5.92 Å². The first kappa shape index (κ1) is 25.3. The van der Waals surface area contributed by atoms with Crippen LogP contribution < -0.4 is 5.32 Å². The molecular weight excluding hydrogens is 394 g/mol. The SMILES string of the molecule is CCNC(=NCCCN1CCCC1=O)N1CCC(CN(CC)C(=O)OC(C)(C)C)CC1. The van der Waals surface area contributed by atoms with Crippen LogP contribution in [0.2, 0.25) is 0 Å². The molecule has 8 nitrogen and oxygen atoms in total. The quantitative estimate of drug-likeness (QED) is 0.359. The lowest BCUT2D eigenvalue weighted by molar-refractivity contribution is -0.127. The Bertz CT molecular complexity index is 609. The molecule has 0 unspecified atom stereocenters. The van der Waals surface area contributed by atoms with Gasteiger partial charge in [-0.2, -0.15) is 0 Å². The van der Waals surface area contributed by atoms with Gasteiger partial charge in [-0.1, -0.05) is 0 Å². The van der Waals surface area contributed by atoms with Gasteiger partial charge in [0.2, 0.25) is 5.91 Å². The Morgan fingerprint density at radius 3 is 2.48 bits per heavy atom. The number of ether oxygens (including phenoxy) is 1. The summed E-state index contributed by atoms with van der Waals surface area (Å²) in [5.74, 6) is 1.73. The molecule has 2 saturated heterocycles. The lowest BCUT2D eigenvalue weighted by Crippen LogP contribution is -2.48. The van der Waals surface area contributed by atoms with Gasteiger partial charge in [0.25, 0.3) is 0 Å². The maximum atomic E-state index is 12.4. The molecule has 31 heavy (non-hydrogen) atoms. The number of guanidine groups is 1. The number of hydrogen-bond donors (Lipinski definition) is 1. The Labute approximate surface area is 188 Å². The molecule has 1 N–H and O–H groups in total. The molecule has 0 atom stereocenters. The standard InChI is InChI=1S/C23H43N5O3/c1-6-24-21(25-13-9-15-27-14-8-10-20(27)29)28-16-11-19(12-17-28)18-26(7-2)22(30)31-23(3,4)5/h19H,6-18H2,1-5H3,(H,24,25). The highest BCUT2D eigenvalue weighted by Gasteiger charge is 2.27. The summed E-state index contributed by atoms with van der Waals surface area (Å²) in [5.41, 5.74) is -0.465. The van der Waals surface area contributed by atoms with Crippen LogP contribution in [0.25, 0.3) is 0 Å². The van der Waals surface area contributed by atoms with Crippen molar-refractivity contribution < 1.29 is 14.3 Å². The first-order chi connectivity index (χ1) is 14.7. The van der Waals surface area contributed by atoms with Gasteiger partial charge < -0.3 is 24.8 Å². The first-order valence-electron chi connectivity index (χ1n) is 12.0. The second-order valence-electron chi connectivity index (χ2n) is 9.52. The monoisotopic (exact) mass is 437 g/mol. The Hall–Kier alpha value is -1.99. The van der Waals surface area contributed by atoms with E-state index in [1.807, 2.05) is 37.5 Å². The number of amides is 2. The van der Waals surface area contributed by atoms with Crippen molar-refractivity contribution in [1.29, 1.82) is 0 Å². The number of aliphatic imine (C=N–C) groups is 1. The fraction of sp³-hybridized carbons (Fsp3) is 0.870. The number of nitrogens with one attached hydrogen (secondary N) is 1. The van der Waals surface area contributed by atoms with Crippen LogP contribution in [-0.4, -0.2) is 90.6 Å². The molecule has 0 aromatic rings. The summed E-state index contributed by atoms with van der Waals surface area (Å²) in [7, 11) is 0. The average molecular weight is 438 g/mol. The van der Waals surface area contributed by atoms with Crippen molar-refractivity contribution in [2.24, 2.45) is 10.9 Å². The van der Waals surface area contributed by atoms with Crippen molar-refractivity contribution in [3.8, 4) is 0 Å². The molecule has 0 aromatic carbocycles. The van der Waals surface area contributed by atoms with Crippen molar-refractivity contribution in [1.82, 2.24) is 20.0 Å². The number of carbonyl (C=O) groups excluding carboxylic acids is 2. The zero-order valence-corrected chi connectivity index (χ0v) is 20.3. The maximum absolute atomic E-state index is 12.4. The van der Waals surface area contributed by atoms with Gasteiger partial charge in [-0.15, -0.1) is 0 Å². The lowest BCUT2D eigenvalue weighted by atomic mass is 9.96. The van der Waals surface area contributed by atoms with Gasteiger partial charge in [0.15, 0.2) is 5.96 Å². The third-order valence-corrected chi connectivity index (χ3v) is 5.78. The molecule has 2 amide bonds. The van der Waals surface area contributed by atoms with Crippen LogP contribution >= 0.6 is 0 Å². The first-order valence-corrected chi connectivity index (χ1v) is 12.0. The van der Waals surface area contributed by atoms with E-state index in [1.54, 1.807) is 0 Å². The highest BCUT2D eigenvalue weighted by Crippen LogP contribution is 2.20. The predicted octanol–water partition coefficient (Wildman–Crippen LogP) is 2.93. The third-order valence-electron chi connectivity index (χ3n) is 5.78. The minimum atomic E-state index is -0.465. The van der Waals surface area contributed by atoms with E-state index in [1.165, 1.54) is 0 Å². The number of rotatable bonds is 8. The summed E-state index contributed by atoms with van der Waals surface area (Å²) in [4.78, 5) is 35.1. The molecule has 0 bridgehead atoms. The number of carbonyl (C=O) groups is 2. The van der Waals surface area contributed by atoms with E-state index < -0.39 is 5.60 Å². The molecule has 0 spiro atoms. The van der Waals surface area contributed by atoms with Gasteiger partial charge in [0.1, 0.15) is 5.60 Å². The minimum Gasteiger partial charge on any atom is -0.444 e. The van der Waals surface area contributed by atoms with Crippen LogP contribution in [-0.2, 0) is 9.53 Å².